The van der Waals surface area contributed by atoms with Crippen molar-refractivity contribution in [3.05, 3.63) is 58.9 Å². The van der Waals surface area contributed by atoms with Crippen LogP contribution in [0.5, 0.6) is 0 Å². The summed E-state index contributed by atoms with van der Waals surface area (Å²) in [6.45, 7) is 4.51. The van der Waals surface area contributed by atoms with Gasteiger partial charge in [0, 0.05) is 49.5 Å². The van der Waals surface area contributed by atoms with Gasteiger partial charge in [0.25, 0.3) is 5.91 Å². The van der Waals surface area contributed by atoms with Gasteiger partial charge < -0.3 is 15.1 Å². The zero-order chi connectivity index (χ0) is 18.7. The Labute approximate surface area is 156 Å². The second-order valence-corrected chi connectivity index (χ2v) is 6.55. The average molecular weight is 376 g/mol. The van der Waals surface area contributed by atoms with Crippen LogP contribution in [0.15, 0.2) is 42.5 Å². The second kappa shape index (κ2) is 7.74. The molecule has 0 aliphatic carbocycles. The van der Waals surface area contributed by atoms with Crippen LogP contribution in [0, 0.1) is 5.82 Å². The number of piperazine rings is 1. The lowest BCUT2D eigenvalue weighted by Crippen LogP contribution is -2.48. The van der Waals surface area contributed by atoms with E-state index in [1.54, 1.807) is 19.1 Å². The van der Waals surface area contributed by atoms with Crippen LogP contribution in [0.2, 0.25) is 5.02 Å². The minimum absolute atomic E-state index is 0.0566. The summed E-state index contributed by atoms with van der Waals surface area (Å²) in [4.78, 5) is 27.6. The number of hydrogen-bond acceptors (Lipinski definition) is 3. The van der Waals surface area contributed by atoms with Crippen molar-refractivity contribution in [3.8, 4) is 0 Å². The average Bonchev–Trinajstić information content (AvgIpc) is 2.62. The molecule has 2 aromatic carbocycles. The fraction of sp³-hybridized carbons (Fsp3) is 0.263. The smallest absolute Gasteiger partial charge is 0.258 e. The van der Waals surface area contributed by atoms with E-state index in [9.17, 15) is 14.0 Å². The molecule has 1 fully saturated rings. The monoisotopic (exact) mass is 375 g/mol. The molecule has 2 amide bonds. The number of benzene rings is 2. The normalized spacial score (nSPS) is 14.3. The molecule has 1 aliphatic heterocycles. The first-order chi connectivity index (χ1) is 12.4. The number of nitrogens with zero attached hydrogens (tertiary/aromatic N) is 2. The number of nitrogens with one attached hydrogen (secondary N) is 1. The van der Waals surface area contributed by atoms with Crippen molar-refractivity contribution in [1.82, 2.24) is 4.90 Å². The molecule has 3 rings (SSSR count). The van der Waals surface area contributed by atoms with Crippen molar-refractivity contribution in [2.24, 2.45) is 0 Å². The molecule has 1 heterocycles. The van der Waals surface area contributed by atoms with Crippen molar-refractivity contribution in [3.63, 3.8) is 0 Å². The Morgan fingerprint density at radius 1 is 1.04 bits per heavy atom. The van der Waals surface area contributed by atoms with Gasteiger partial charge >= 0.3 is 0 Å². The summed E-state index contributed by atoms with van der Waals surface area (Å²) >= 11 is 5.70. The molecule has 0 unspecified atom stereocenters. The van der Waals surface area contributed by atoms with E-state index in [-0.39, 0.29) is 16.5 Å². The SMILES string of the molecule is CC(=O)N1CCN(c2ccc(NC(=O)c3ccc(Cl)cc3F)cc2)CC1. The molecule has 0 aromatic heterocycles. The first kappa shape index (κ1) is 18.2. The summed E-state index contributed by atoms with van der Waals surface area (Å²) < 4.78 is 13.8. The summed E-state index contributed by atoms with van der Waals surface area (Å²) in [5.41, 5.74) is 1.54. The molecule has 1 N–H and O–H groups in total. The van der Waals surface area contributed by atoms with Crippen LogP contribution in [0.25, 0.3) is 0 Å². The molecule has 0 radical (unpaired) electrons. The van der Waals surface area contributed by atoms with Crippen molar-refractivity contribution in [1.29, 1.82) is 0 Å². The largest absolute Gasteiger partial charge is 0.368 e. The maximum Gasteiger partial charge on any atom is 0.258 e. The van der Waals surface area contributed by atoms with E-state index < -0.39 is 11.7 Å². The van der Waals surface area contributed by atoms with E-state index in [2.05, 4.69) is 10.2 Å². The number of hydrogen-bond donors (Lipinski definition) is 1. The third kappa shape index (κ3) is 4.14. The quantitative estimate of drug-likeness (QED) is 0.894. The molecule has 0 spiro atoms. The van der Waals surface area contributed by atoms with Gasteiger partial charge in [-0.15, -0.1) is 0 Å². The Morgan fingerprint density at radius 2 is 1.69 bits per heavy atom. The van der Waals surface area contributed by atoms with Crippen LogP contribution in [-0.4, -0.2) is 42.9 Å². The first-order valence-corrected chi connectivity index (χ1v) is 8.69. The lowest BCUT2D eigenvalue weighted by molar-refractivity contribution is -0.129. The Morgan fingerprint density at radius 3 is 2.27 bits per heavy atom. The van der Waals surface area contributed by atoms with Gasteiger partial charge in [0.05, 0.1) is 5.56 Å². The van der Waals surface area contributed by atoms with Crippen LogP contribution in [0.4, 0.5) is 15.8 Å². The molecule has 7 heteroatoms. The summed E-state index contributed by atoms with van der Waals surface area (Å²) in [6.07, 6.45) is 0. The van der Waals surface area contributed by atoms with Gasteiger partial charge in [0.1, 0.15) is 5.82 Å². The van der Waals surface area contributed by atoms with Crippen molar-refractivity contribution < 1.29 is 14.0 Å². The zero-order valence-electron chi connectivity index (χ0n) is 14.3. The summed E-state index contributed by atoms with van der Waals surface area (Å²) in [6, 6.07) is 11.3. The summed E-state index contributed by atoms with van der Waals surface area (Å²) in [5.74, 6) is -1.09. The molecular formula is C19H19ClFN3O2. The minimum atomic E-state index is -0.657. The molecular weight excluding hydrogens is 357 g/mol. The van der Waals surface area contributed by atoms with E-state index in [4.69, 9.17) is 11.6 Å². The van der Waals surface area contributed by atoms with Gasteiger partial charge in [0.2, 0.25) is 5.91 Å². The Balaban J connectivity index is 1.63. The van der Waals surface area contributed by atoms with Crippen LogP contribution in [0.1, 0.15) is 17.3 Å². The van der Waals surface area contributed by atoms with Crippen LogP contribution < -0.4 is 10.2 Å². The summed E-state index contributed by atoms with van der Waals surface area (Å²) in [7, 11) is 0. The maximum atomic E-state index is 13.8. The number of halogens is 2. The summed E-state index contributed by atoms with van der Waals surface area (Å²) in [5, 5.41) is 2.92. The molecule has 2 aromatic rings. The first-order valence-electron chi connectivity index (χ1n) is 8.31. The van der Waals surface area contributed by atoms with Crippen molar-refractivity contribution in [2.45, 2.75) is 6.92 Å². The van der Waals surface area contributed by atoms with Crippen molar-refractivity contribution >= 4 is 34.8 Å². The van der Waals surface area contributed by atoms with E-state index in [1.165, 1.54) is 12.1 Å². The fourth-order valence-electron chi connectivity index (χ4n) is 2.91. The van der Waals surface area contributed by atoms with Gasteiger partial charge in [-0.1, -0.05) is 11.6 Å². The molecule has 5 nitrogen and oxygen atoms in total. The predicted octanol–water partition coefficient (Wildman–Crippen LogP) is 3.40. The number of carbonyl (C=O) groups excluding carboxylic acids is 2. The van der Waals surface area contributed by atoms with Crippen LogP contribution in [-0.2, 0) is 4.79 Å². The zero-order valence-corrected chi connectivity index (χ0v) is 15.1. The molecule has 0 atom stereocenters. The Hall–Kier alpha value is -2.60. The van der Waals surface area contributed by atoms with E-state index in [0.29, 0.717) is 18.8 Å². The van der Waals surface area contributed by atoms with Crippen LogP contribution in [0.3, 0.4) is 0 Å². The highest BCUT2D eigenvalue weighted by molar-refractivity contribution is 6.30. The molecule has 0 bridgehead atoms. The minimum Gasteiger partial charge on any atom is -0.368 e. The van der Waals surface area contributed by atoms with Gasteiger partial charge in [0.15, 0.2) is 0 Å². The molecule has 0 saturated carbocycles. The van der Waals surface area contributed by atoms with E-state index in [1.807, 2.05) is 17.0 Å². The standard InChI is InChI=1S/C19H19ClFN3O2/c1-13(25)23-8-10-24(11-9-23)16-5-3-15(4-6-16)22-19(26)17-7-2-14(20)12-18(17)21/h2-7,12H,8-11H2,1H3,(H,22,26). The molecule has 136 valence electrons. The maximum absolute atomic E-state index is 13.8. The lowest BCUT2D eigenvalue weighted by atomic mass is 10.2. The lowest BCUT2D eigenvalue weighted by Gasteiger charge is -2.35. The highest BCUT2D eigenvalue weighted by atomic mass is 35.5. The van der Waals surface area contributed by atoms with E-state index in [0.717, 1.165) is 24.8 Å². The van der Waals surface area contributed by atoms with Crippen molar-refractivity contribution in [2.75, 3.05) is 36.4 Å². The highest BCUT2D eigenvalue weighted by Crippen LogP contribution is 2.21. The Kier molecular flexibility index (Phi) is 5.42. The molecule has 1 saturated heterocycles. The van der Waals surface area contributed by atoms with Crippen LogP contribution >= 0.6 is 11.6 Å². The molecule has 26 heavy (non-hydrogen) atoms. The van der Waals surface area contributed by atoms with Gasteiger partial charge in [-0.2, -0.15) is 0 Å². The number of amides is 2. The third-order valence-corrected chi connectivity index (χ3v) is 4.63. The highest BCUT2D eigenvalue weighted by Gasteiger charge is 2.19. The third-order valence-electron chi connectivity index (χ3n) is 4.39. The Bertz CT molecular complexity index is 818. The number of carbonyl (C=O) groups is 2. The molecule has 1 aliphatic rings. The number of rotatable bonds is 3. The van der Waals surface area contributed by atoms with Gasteiger partial charge in [-0.3, -0.25) is 9.59 Å². The topological polar surface area (TPSA) is 52.7 Å². The van der Waals surface area contributed by atoms with Gasteiger partial charge in [-0.05, 0) is 42.5 Å². The fourth-order valence-corrected chi connectivity index (χ4v) is 3.07. The predicted molar refractivity (Wildman–Crippen MR) is 100 cm³/mol. The van der Waals surface area contributed by atoms with Gasteiger partial charge in [-0.25, -0.2) is 4.39 Å². The van der Waals surface area contributed by atoms with E-state index >= 15 is 0 Å². The second-order valence-electron chi connectivity index (χ2n) is 6.12. The number of anilines is 2.